The van der Waals surface area contributed by atoms with Crippen molar-refractivity contribution in [3.05, 3.63) is 71.5 Å². The molecule has 4 bridgehead atoms. The standard InChI is InChI=1S/C27H27BrN6O/c28-25-29-17-34(32-25)27-11-18-8-19(12-27)10-26(9-18,16-27)24(35)31-22-13-30-33(15-22)14-21-6-3-5-20-4-1-2-7-23(20)21/h1-7,13,15,17-19H,8-12,14,16H2,(H,31,35). The van der Waals surface area contributed by atoms with Gasteiger partial charge in [-0.05, 0) is 82.6 Å². The highest BCUT2D eigenvalue weighted by Gasteiger charge is 2.61. The van der Waals surface area contributed by atoms with Crippen molar-refractivity contribution in [3.63, 3.8) is 0 Å². The minimum absolute atomic E-state index is 0.0982. The molecule has 0 spiro atoms. The van der Waals surface area contributed by atoms with Crippen molar-refractivity contribution in [2.45, 2.75) is 50.6 Å². The average molecular weight is 531 g/mol. The molecule has 4 fully saturated rings. The summed E-state index contributed by atoms with van der Waals surface area (Å²) < 4.78 is 4.56. The van der Waals surface area contributed by atoms with E-state index in [1.165, 1.54) is 22.8 Å². The van der Waals surface area contributed by atoms with E-state index in [0.717, 1.165) is 37.8 Å². The molecule has 2 aromatic carbocycles. The highest BCUT2D eigenvalue weighted by atomic mass is 79.9. The molecule has 4 saturated carbocycles. The molecule has 0 saturated heterocycles. The van der Waals surface area contributed by atoms with Crippen LogP contribution in [0.25, 0.3) is 10.8 Å². The average Bonchev–Trinajstić information content (AvgIpc) is 3.48. The topological polar surface area (TPSA) is 77.6 Å². The summed E-state index contributed by atoms with van der Waals surface area (Å²) in [5.74, 6) is 1.28. The Morgan fingerprint density at radius 2 is 1.89 bits per heavy atom. The number of nitrogens with zero attached hydrogens (tertiary/aromatic N) is 5. The third-order valence-electron chi connectivity index (χ3n) is 8.57. The molecular weight excluding hydrogens is 504 g/mol. The lowest BCUT2D eigenvalue weighted by Gasteiger charge is -2.60. The summed E-state index contributed by atoms with van der Waals surface area (Å²) in [7, 11) is 0. The van der Waals surface area contributed by atoms with Gasteiger partial charge in [0, 0.05) is 6.20 Å². The van der Waals surface area contributed by atoms with Gasteiger partial charge in [0.15, 0.2) is 0 Å². The summed E-state index contributed by atoms with van der Waals surface area (Å²) in [5, 5.41) is 14.9. The fourth-order valence-corrected chi connectivity index (χ4v) is 7.86. The van der Waals surface area contributed by atoms with E-state index in [1.54, 1.807) is 6.20 Å². The van der Waals surface area contributed by atoms with Gasteiger partial charge in [-0.1, -0.05) is 42.5 Å². The highest BCUT2D eigenvalue weighted by molar-refractivity contribution is 9.10. The summed E-state index contributed by atoms with van der Waals surface area (Å²) in [6.45, 7) is 0.663. The molecule has 2 aromatic heterocycles. The lowest BCUT2D eigenvalue weighted by Crippen LogP contribution is -2.60. The van der Waals surface area contributed by atoms with Crippen molar-refractivity contribution in [3.8, 4) is 0 Å². The Labute approximate surface area is 212 Å². The molecule has 8 rings (SSSR count). The van der Waals surface area contributed by atoms with Gasteiger partial charge in [0.2, 0.25) is 10.6 Å². The SMILES string of the molecule is O=C(Nc1cnn(Cc2cccc3ccccc23)c1)C12CC3CC(C1)CC(n1cnc(Br)n1)(C3)C2. The molecule has 1 amide bonds. The predicted molar refractivity (Wildman–Crippen MR) is 137 cm³/mol. The van der Waals surface area contributed by atoms with Crippen molar-refractivity contribution >= 4 is 38.3 Å². The lowest BCUT2D eigenvalue weighted by molar-refractivity contribution is -0.150. The van der Waals surface area contributed by atoms with Crippen molar-refractivity contribution in [1.29, 1.82) is 0 Å². The number of aromatic nitrogens is 5. The molecule has 2 heterocycles. The lowest BCUT2D eigenvalue weighted by atomic mass is 9.46. The van der Waals surface area contributed by atoms with Crippen molar-refractivity contribution in [2.75, 3.05) is 5.32 Å². The van der Waals surface area contributed by atoms with Gasteiger partial charge in [-0.2, -0.15) is 5.10 Å². The van der Waals surface area contributed by atoms with Crippen LogP contribution in [0.1, 0.15) is 44.1 Å². The first-order chi connectivity index (χ1) is 17.0. The zero-order valence-corrected chi connectivity index (χ0v) is 21.0. The fraction of sp³-hybridized carbons (Fsp3) is 0.407. The first-order valence-electron chi connectivity index (χ1n) is 12.4. The van der Waals surface area contributed by atoms with Crippen LogP contribution in [0.5, 0.6) is 0 Å². The fourth-order valence-electron chi connectivity index (χ4n) is 7.60. The van der Waals surface area contributed by atoms with Gasteiger partial charge in [-0.3, -0.25) is 9.48 Å². The number of carbonyl (C=O) groups excluding carboxylic acids is 1. The van der Waals surface area contributed by atoms with Gasteiger partial charge in [-0.25, -0.2) is 9.67 Å². The minimum atomic E-state index is -0.347. The number of rotatable bonds is 5. The maximum absolute atomic E-state index is 13.8. The normalized spacial score (nSPS) is 29.1. The van der Waals surface area contributed by atoms with Crippen LogP contribution in [-0.4, -0.2) is 30.5 Å². The summed E-state index contributed by atoms with van der Waals surface area (Å²) >= 11 is 3.41. The van der Waals surface area contributed by atoms with E-state index >= 15 is 0 Å². The molecule has 2 unspecified atom stereocenters. The Hall–Kier alpha value is -3.00. The van der Waals surface area contributed by atoms with Gasteiger partial charge < -0.3 is 5.32 Å². The third-order valence-corrected chi connectivity index (χ3v) is 8.93. The van der Waals surface area contributed by atoms with E-state index in [4.69, 9.17) is 0 Å². The van der Waals surface area contributed by atoms with Crippen LogP contribution in [-0.2, 0) is 16.9 Å². The molecule has 2 atom stereocenters. The van der Waals surface area contributed by atoms with E-state index in [2.05, 4.69) is 78.9 Å². The van der Waals surface area contributed by atoms with Crippen molar-refractivity contribution in [1.82, 2.24) is 24.5 Å². The van der Waals surface area contributed by atoms with Crippen LogP contribution in [0.3, 0.4) is 0 Å². The molecule has 35 heavy (non-hydrogen) atoms. The number of hydrogen-bond donors (Lipinski definition) is 1. The number of hydrogen-bond acceptors (Lipinski definition) is 4. The minimum Gasteiger partial charge on any atom is -0.323 e. The Morgan fingerprint density at radius 3 is 2.69 bits per heavy atom. The highest BCUT2D eigenvalue weighted by Crippen LogP contribution is 2.64. The summed E-state index contributed by atoms with van der Waals surface area (Å²) in [4.78, 5) is 18.1. The maximum Gasteiger partial charge on any atom is 0.230 e. The van der Waals surface area contributed by atoms with Crippen LogP contribution >= 0.6 is 15.9 Å². The van der Waals surface area contributed by atoms with Gasteiger partial charge in [-0.15, -0.1) is 5.10 Å². The van der Waals surface area contributed by atoms with Crippen LogP contribution in [0, 0.1) is 17.3 Å². The van der Waals surface area contributed by atoms with Crippen LogP contribution in [0.2, 0.25) is 0 Å². The first-order valence-corrected chi connectivity index (χ1v) is 13.2. The van der Waals surface area contributed by atoms with Crippen LogP contribution in [0.15, 0.2) is 65.9 Å². The predicted octanol–water partition coefficient (Wildman–Crippen LogP) is 5.37. The van der Waals surface area contributed by atoms with E-state index in [0.29, 0.717) is 23.1 Å². The Kier molecular flexibility index (Phi) is 4.72. The van der Waals surface area contributed by atoms with Gasteiger partial charge >= 0.3 is 0 Å². The number of anilines is 1. The van der Waals surface area contributed by atoms with Crippen LogP contribution < -0.4 is 5.32 Å². The molecule has 4 aliphatic rings. The van der Waals surface area contributed by atoms with Gasteiger partial charge in [0.25, 0.3) is 0 Å². The summed E-state index contributed by atoms with van der Waals surface area (Å²) in [5.41, 5.74) is 1.54. The summed E-state index contributed by atoms with van der Waals surface area (Å²) in [6.07, 6.45) is 11.7. The number of carbonyl (C=O) groups is 1. The number of fused-ring (bicyclic) bond motifs is 1. The van der Waals surface area contributed by atoms with Crippen molar-refractivity contribution in [2.24, 2.45) is 17.3 Å². The molecular formula is C27H27BrN6O. The Balaban J connectivity index is 1.12. The van der Waals surface area contributed by atoms with Crippen LogP contribution in [0.4, 0.5) is 5.69 Å². The second-order valence-corrected chi connectivity index (χ2v) is 11.7. The number of halogens is 1. The second-order valence-electron chi connectivity index (χ2n) is 10.9. The molecule has 4 aliphatic carbocycles. The monoisotopic (exact) mass is 530 g/mol. The molecule has 4 aromatic rings. The number of benzene rings is 2. The van der Waals surface area contributed by atoms with E-state index < -0.39 is 0 Å². The van der Waals surface area contributed by atoms with E-state index in [1.807, 2.05) is 21.9 Å². The second kappa shape index (κ2) is 7.75. The van der Waals surface area contributed by atoms with Gasteiger partial charge in [0.05, 0.1) is 29.4 Å². The number of nitrogens with one attached hydrogen (secondary N) is 1. The number of amides is 1. The molecule has 0 radical (unpaired) electrons. The molecule has 8 heteroatoms. The zero-order chi connectivity index (χ0) is 23.6. The van der Waals surface area contributed by atoms with Gasteiger partial charge in [0.1, 0.15) is 6.33 Å². The molecule has 7 nitrogen and oxygen atoms in total. The summed E-state index contributed by atoms with van der Waals surface area (Å²) in [6, 6.07) is 14.8. The largest absolute Gasteiger partial charge is 0.323 e. The quantitative estimate of drug-likeness (QED) is 0.376. The molecule has 1 N–H and O–H groups in total. The van der Waals surface area contributed by atoms with E-state index in [-0.39, 0.29) is 16.9 Å². The van der Waals surface area contributed by atoms with E-state index in [9.17, 15) is 4.79 Å². The Bertz CT molecular complexity index is 1420. The third kappa shape index (κ3) is 3.53. The van der Waals surface area contributed by atoms with Crippen molar-refractivity contribution < 1.29 is 4.79 Å². The Morgan fingerprint density at radius 1 is 1.09 bits per heavy atom. The maximum atomic E-state index is 13.8. The smallest absolute Gasteiger partial charge is 0.230 e. The molecule has 178 valence electrons. The zero-order valence-electron chi connectivity index (χ0n) is 19.4. The first kappa shape index (κ1) is 21.3. The molecule has 0 aliphatic heterocycles.